The Bertz CT molecular complexity index is 970. The van der Waals surface area contributed by atoms with Crippen LogP contribution in [-0.4, -0.2) is 70.3 Å². The highest BCUT2D eigenvalue weighted by Crippen LogP contribution is 3.02. The Hall–Kier alpha value is -1.84. The van der Waals surface area contributed by atoms with Crippen LogP contribution in [-0.2, 0) is 16.6 Å². The number of halogens is 5. The molecule has 2 heterocycles. The summed E-state index contributed by atoms with van der Waals surface area (Å²) in [6.07, 6.45) is 1.12. The normalized spacial score (nSPS) is 19.9. The van der Waals surface area contributed by atoms with E-state index in [0.717, 1.165) is 23.1 Å². The van der Waals surface area contributed by atoms with Crippen molar-refractivity contribution < 1.29 is 27.8 Å². The third kappa shape index (κ3) is 4.76. The molecule has 0 aliphatic carbocycles. The van der Waals surface area contributed by atoms with Gasteiger partial charge in [-0.1, -0.05) is 19.4 Å². The maximum absolute atomic E-state index is 12.8. The Labute approximate surface area is 157 Å². The van der Waals surface area contributed by atoms with Crippen molar-refractivity contribution >= 4 is 20.2 Å². The van der Waals surface area contributed by atoms with Gasteiger partial charge in [0, 0.05) is 26.2 Å². The molecular formula is C13H17F5N6O2S2. The van der Waals surface area contributed by atoms with Gasteiger partial charge in [-0.15, -0.1) is 5.10 Å². The van der Waals surface area contributed by atoms with Crippen LogP contribution in [0.1, 0.15) is 5.82 Å². The summed E-state index contributed by atoms with van der Waals surface area (Å²) in [6.45, 7) is 1.64. The van der Waals surface area contributed by atoms with E-state index >= 15 is 0 Å². The molecule has 0 atom stereocenters. The van der Waals surface area contributed by atoms with Crippen molar-refractivity contribution in [2.24, 2.45) is 0 Å². The number of hydrogen-bond donors (Lipinski definition) is 0. The van der Waals surface area contributed by atoms with Crippen LogP contribution in [0.25, 0.3) is 5.69 Å². The molecule has 1 fully saturated rings. The molecule has 15 heteroatoms. The number of hydrogen-bond acceptors (Lipinski definition) is 6. The van der Waals surface area contributed by atoms with E-state index in [2.05, 4.69) is 15.5 Å². The van der Waals surface area contributed by atoms with E-state index in [1.165, 1.54) is 4.31 Å². The number of aromatic nitrogens is 4. The average molecular weight is 448 g/mol. The monoisotopic (exact) mass is 448 g/mol. The largest absolute Gasteiger partial charge is 0.310 e. The topological polar surface area (TPSA) is 84.2 Å². The van der Waals surface area contributed by atoms with Crippen molar-refractivity contribution in [1.29, 1.82) is 0 Å². The zero-order valence-electron chi connectivity index (χ0n) is 14.6. The van der Waals surface area contributed by atoms with Crippen molar-refractivity contribution in [3.63, 3.8) is 0 Å². The fourth-order valence-corrected chi connectivity index (χ4v) is 4.25. The lowest BCUT2D eigenvalue weighted by Gasteiger charge is -2.40. The van der Waals surface area contributed by atoms with Gasteiger partial charge in [0.15, 0.2) is 5.82 Å². The highest BCUT2D eigenvalue weighted by Gasteiger charge is 2.65. The summed E-state index contributed by atoms with van der Waals surface area (Å²) in [5, 5.41) is 11.0. The van der Waals surface area contributed by atoms with Crippen LogP contribution >= 0.6 is 10.2 Å². The second-order valence-electron chi connectivity index (χ2n) is 6.41. The lowest BCUT2D eigenvalue weighted by molar-refractivity contribution is 0.177. The Balaban J connectivity index is 1.75. The van der Waals surface area contributed by atoms with E-state index in [1.807, 2.05) is 4.90 Å². The molecule has 0 bridgehead atoms. The van der Waals surface area contributed by atoms with Crippen molar-refractivity contribution in [2.75, 3.05) is 32.4 Å². The summed E-state index contributed by atoms with van der Waals surface area (Å²) in [5.41, 5.74) is 0.0976. The molecule has 0 unspecified atom stereocenters. The SMILES string of the molecule is CS(=O)(=O)N1CCN(Cc2nnnn2-c2ccc(S(F)(F)(F)(F)F)cc2)CC1. The molecule has 1 aliphatic heterocycles. The van der Waals surface area contributed by atoms with Gasteiger partial charge in [0.05, 0.1) is 18.5 Å². The Morgan fingerprint density at radius 1 is 1.00 bits per heavy atom. The van der Waals surface area contributed by atoms with Crippen LogP contribution in [0.5, 0.6) is 0 Å². The summed E-state index contributed by atoms with van der Waals surface area (Å²) in [4.78, 5) is -0.109. The maximum Gasteiger partial charge on any atom is 0.310 e. The Morgan fingerprint density at radius 2 is 1.57 bits per heavy atom. The summed E-state index contributed by atoms with van der Waals surface area (Å²) >= 11 is 0. The average Bonchev–Trinajstić information content (AvgIpc) is 3.01. The summed E-state index contributed by atoms with van der Waals surface area (Å²) < 4.78 is 89.7. The van der Waals surface area contributed by atoms with E-state index in [1.54, 1.807) is 0 Å². The second kappa shape index (κ2) is 6.08. The highest BCUT2D eigenvalue weighted by molar-refractivity contribution is 8.45. The van der Waals surface area contributed by atoms with Crippen LogP contribution < -0.4 is 0 Å². The first kappa shape index (κ1) is 20.9. The number of sulfonamides is 1. The molecule has 1 aromatic heterocycles. The smallest absolute Gasteiger partial charge is 0.293 e. The molecule has 0 saturated carbocycles. The maximum atomic E-state index is 12.8. The molecule has 0 amide bonds. The van der Waals surface area contributed by atoms with Gasteiger partial charge in [-0.2, -0.15) is 8.99 Å². The van der Waals surface area contributed by atoms with Gasteiger partial charge in [-0.05, 0) is 34.7 Å². The minimum Gasteiger partial charge on any atom is -0.293 e. The lowest BCUT2D eigenvalue weighted by Crippen LogP contribution is -2.48. The van der Waals surface area contributed by atoms with Gasteiger partial charge in [-0.25, -0.2) is 8.42 Å². The number of nitrogens with zero attached hydrogens (tertiary/aromatic N) is 6. The summed E-state index contributed by atoms with van der Waals surface area (Å²) in [7, 11) is -13.0. The number of rotatable bonds is 5. The minimum atomic E-state index is -9.74. The molecular weight excluding hydrogens is 431 g/mol. The summed E-state index contributed by atoms with van der Waals surface area (Å²) in [5.74, 6) is 0.285. The van der Waals surface area contributed by atoms with Gasteiger partial charge < -0.3 is 0 Å². The minimum absolute atomic E-state index is 0.0976. The van der Waals surface area contributed by atoms with Gasteiger partial charge >= 0.3 is 10.2 Å². The quantitative estimate of drug-likeness (QED) is 0.654. The van der Waals surface area contributed by atoms with Gasteiger partial charge in [0.25, 0.3) is 0 Å². The predicted molar refractivity (Wildman–Crippen MR) is 92.2 cm³/mol. The third-order valence-corrected chi connectivity index (χ3v) is 6.69. The molecule has 158 valence electrons. The zero-order chi connectivity index (χ0) is 20.9. The van der Waals surface area contributed by atoms with Gasteiger partial charge in [0.1, 0.15) is 4.90 Å². The molecule has 1 saturated heterocycles. The van der Waals surface area contributed by atoms with Crippen molar-refractivity contribution in [1.82, 2.24) is 29.4 Å². The first-order chi connectivity index (χ1) is 12.6. The number of benzene rings is 1. The summed E-state index contributed by atoms with van der Waals surface area (Å²) in [6, 6.07) is 2.34. The van der Waals surface area contributed by atoms with Crippen molar-refractivity contribution in [3.05, 3.63) is 30.1 Å². The first-order valence-electron chi connectivity index (χ1n) is 7.93. The number of piperazine rings is 1. The van der Waals surface area contributed by atoms with E-state index in [-0.39, 0.29) is 18.1 Å². The molecule has 28 heavy (non-hydrogen) atoms. The molecule has 1 aromatic carbocycles. The number of tetrazole rings is 1. The molecule has 1 aliphatic rings. The van der Waals surface area contributed by atoms with Crippen molar-refractivity contribution in [2.45, 2.75) is 11.4 Å². The lowest BCUT2D eigenvalue weighted by atomic mass is 10.3. The highest BCUT2D eigenvalue weighted by atomic mass is 32.5. The third-order valence-electron chi connectivity index (χ3n) is 4.23. The molecule has 3 rings (SSSR count). The Morgan fingerprint density at radius 3 is 2.07 bits per heavy atom. The van der Waals surface area contributed by atoms with Crippen molar-refractivity contribution in [3.8, 4) is 5.69 Å². The van der Waals surface area contributed by atoms with E-state index < -0.39 is 25.1 Å². The van der Waals surface area contributed by atoms with Crippen LogP contribution in [0.2, 0.25) is 0 Å². The van der Waals surface area contributed by atoms with E-state index in [9.17, 15) is 27.8 Å². The fourth-order valence-electron chi connectivity index (χ4n) is 2.77. The molecule has 0 N–H and O–H groups in total. The molecule has 8 nitrogen and oxygen atoms in total. The Kier molecular flexibility index (Phi) is 4.53. The molecule has 2 aromatic rings. The van der Waals surface area contributed by atoms with Crippen LogP contribution in [0.4, 0.5) is 19.4 Å². The van der Waals surface area contributed by atoms with Crippen LogP contribution in [0.15, 0.2) is 29.2 Å². The standard InChI is InChI=1S/C13H17F5N6O2S2/c1-27(25,26)23-8-6-22(7-9-23)10-13-19-20-21-24(13)11-2-4-12(5-3-11)28(14,15,16,17)18/h2-5H,6-10H2,1H3. The van der Waals surface area contributed by atoms with Gasteiger partial charge in [0.2, 0.25) is 10.0 Å². The predicted octanol–water partition coefficient (Wildman–Crippen LogP) is 2.40. The van der Waals surface area contributed by atoms with Crippen LogP contribution in [0, 0.1) is 0 Å². The zero-order valence-corrected chi connectivity index (χ0v) is 16.2. The van der Waals surface area contributed by atoms with Crippen LogP contribution in [0.3, 0.4) is 0 Å². The second-order valence-corrected chi connectivity index (χ2v) is 10.8. The first-order valence-corrected chi connectivity index (χ1v) is 11.7. The molecule has 0 spiro atoms. The van der Waals surface area contributed by atoms with E-state index in [4.69, 9.17) is 0 Å². The fraction of sp³-hybridized carbons (Fsp3) is 0.462. The molecule has 0 radical (unpaired) electrons. The van der Waals surface area contributed by atoms with Gasteiger partial charge in [-0.3, -0.25) is 4.90 Å². The van der Waals surface area contributed by atoms with E-state index in [0.29, 0.717) is 38.3 Å².